The van der Waals surface area contributed by atoms with Gasteiger partial charge in [0.15, 0.2) is 6.04 Å². The fourth-order valence-corrected chi connectivity index (χ4v) is 3.63. The van der Waals surface area contributed by atoms with Crippen molar-refractivity contribution < 1.29 is 23.9 Å². The highest BCUT2D eigenvalue weighted by Gasteiger charge is 2.25. The Balaban J connectivity index is 1.82. The standard InChI is InChI=1S/C27H22N2O5/c1-17(30)34-20-13-14-23-21(15-20)22(16-24(28-23)18-9-5-3-6-10-18)26(31)29-25(27(32)33-2)19-11-7-4-8-12-19/h3-16,25H,1-2H3,(H,29,31). The summed E-state index contributed by atoms with van der Waals surface area (Å²) in [7, 11) is 1.27. The first-order valence-corrected chi connectivity index (χ1v) is 10.6. The molecular weight excluding hydrogens is 432 g/mol. The smallest absolute Gasteiger partial charge is 0.333 e. The zero-order valence-corrected chi connectivity index (χ0v) is 18.6. The number of nitrogens with zero attached hydrogens (tertiary/aromatic N) is 1. The molecule has 1 aromatic heterocycles. The summed E-state index contributed by atoms with van der Waals surface area (Å²) in [4.78, 5) is 42.2. The van der Waals surface area contributed by atoms with Crippen LogP contribution in [0.25, 0.3) is 22.2 Å². The highest BCUT2D eigenvalue weighted by molar-refractivity contribution is 6.08. The molecule has 0 aliphatic rings. The van der Waals surface area contributed by atoms with E-state index in [1.807, 2.05) is 36.4 Å². The third-order valence-corrected chi connectivity index (χ3v) is 5.20. The van der Waals surface area contributed by atoms with Gasteiger partial charge in [0.1, 0.15) is 5.75 Å². The molecule has 0 radical (unpaired) electrons. The number of fused-ring (bicyclic) bond motifs is 1. The Kier molecular flexibility index (Phi) is 6.64. The van der Waals surface area contributed by atoms with E-state index >= 15 is 0 Å². The second-order valence-electron chi connectivity index (χ2n) is 7.53. The number of nitrogens with one attached hydrogen (secondary N) is 1. The molecule has 0 saturated heterocycles. The molecular formula is C27H22N2O5. The van der Waals surface area contributed by atoms with Crippen LogP contribution >= 0.6 is 0 Å². The Morgan fingerprint density at radius 1 is 0.882 bits per heavy atom. The van der Waals surface area contributed by atoms with E-state index in [2.05, 4.69) is 10.3 Å². The van der Waals surface area contributed by atoms with E-state index in [-0.39, 0.29) is 11.3 Å². The molecule has 1 atom stereocenters. The summed E-state index contributed by atoms with van der Waals surface area (Å²) in [6.45, 7) is 1.30. The van der Waals surface area contributed by atoms with Crippen molar-refractivity contribution in [1.82, 2.24) is 10.3 Å². The van der Waals surface area contributed by atoms with E-state index in [1.165, 1.54) is 14.0 Å². The van der Waals surface area contributed by atoms with Crippen LogP contribution in [-0.4, -0.2) is 29.9 Å². The number of esters is 2. The number of amides is 1. The molecule has 0 saturated carbocycles. The SMILES string of the molecule is COC(=O)C(NC(=O)c1cc(-c2ccccc2)nc2ccc(OC(C)=O)cc12)c1ccccc1. The molecule has 0 fully saturated rings. The van der Waals surface area contributed by atoms with E-state index in [0.29, 0.717) is 22.2 Å². The van der Waals surface area contributed by atoms with Crippen molar-refractivity contribution in [2.75, 3.05) is 7.11 Å². The van der Waals surface area contributed by atoms with Crippen LogP contribution in [0, 0.1) is 0 Å². The fraction of sp³-hybridized carbons (Fsp3) is 0.111. The first-order chi connectivity index (χ1) is 16.5. The third kappa shape index (κ3) is 4.94. The van der Waals surface area contributed by atoms with Gasteiger partial charge in [-0.25, -0.2) is 9.78 Å². The van der Waals surface area contributed by atoms with Crippen LogP contribution in [0.5, 0.6) is 5.75 Å². The summed E-state index contributed by atoms with van der Waals surface area (Å²) in [6.07, 6.45) is 0. The molecule has 34 heavy (non-hydrogen) atoms. The minimum atomic E-state index is -1.00. The molecule has 0 aliphatic heterocycles. The summed E-state index contributed by atoms with van der Waals surface area (Å²) in [5.74, 6) is -1.28. The second kappa shape index (κ2) is 9.95. The molecule has 7 heteroatoms. The fourth-order valence-electron chi connectivity index (χ4n) is 3.63. The Morgan fingerprint density at radius 2 is 1.56 bits per heavy atom. The number of carbonyl (C=O) groups excluding carboxylic acids is 3. The number of methoxy groups -OCH3 is 1. The van der Waals surface area contributed by atoms with Gasteiger partial charge in [-0.15, -0.1) is 0 Å². The van der Waals surface area contributed by atoms with Crippen LogP contribution in [0.15, 0.2) is 84.9 Å². The van der Waals surface area contributed by atoms with Crippen LogP contribution in [0.4, 0.5) is 0 Å². The minimum Gasteiger partial charge on any atom is -0.467 e. The summed E-state index contributed by atoms with van der Waals surface area (Å²) in [6, 6.07) is 23.8. The number of pyridine rings is 1. The number of carbonyl (C=O) groups is 3. The van der Waals surface area contributed by atoms with E-state index in [4.69, 9.17) is 9.47 Å². The highest BCUT2D eigenvalue weighted by Crippen LogP contribution is 2.28. The van der Waals surface area contributed by atoms with Gasteiger partial charge in [-0.2, -0.15) is 0 Å². The minimum absolute atomic E-state index is 0.280. The van der Waals surface area contributed by atoms with E-state index in [0.717, 1.165) is 5.56 Å². The summed E-state index contributed by atoms with van der Waals surface area (Å²) in [5, 5.41) is 3.26. The summed E-state index contributed by atoms with van der Waals surface area (Å²) >= 11 is 0. The molecule has 170 valence electrons. The topological polar surface area (TPSA) is 94.6 Å². The zero-order valence-electron chi connectivity index (χ0n) is 18.6. The van der Waals surface area contributed by atoms with Crippen LogP contribution < -0.4 is 10.1 Å². The monoisotopic (exact) mass is 454 g/mol. The number of hydrogen-bond acceptors (Lipinski definition) is 6. The van der Waals surface area contributed by atoms with E-state index in [9.17, 15) is 14.4 Å². The van der Waals surface area contributed by atoms with Crippen LogP contribution in [-0.2, 0) is 14.3 Å². The lowest BCUT2D eigenvalue weighted by molar-refractivity contribution is -0.143. The van der Waals surface area contributed by atoms with Gasteiger partial charge in [0.2, 0.25) is 0 Å². The number of hydrogen-bond donors (Lipinski definition) is 1. The second-order valence-corrected chi connectivity index (χ2v) is 7.53. The zero-order chi connectivity index (χ0) is 24.1. The molecule has 1 N–H and O–H groups in total. The average molecular weight is 454 g/mol. The Morgan fingerprint density at radius 3 is 2.21 bits per heavy atom. The number of ether oxygens (including phenoxy) is 2. The molecule has 4 aromatic rings. The van der Waals surface area contributed by atoms with Gasteiger partial charge in [0, 0.05) is 17.9 Å². The van der Waals surface area contributed by atoms with Crippen molar-refractivity contribution in [1.29, 1.82) is 0 Å². The first kappa shape index (κ1) is 22.7. The number of rotatable bonds is 6. The summed E-state index contributed by atoms with van der Waals surface area (Å²) < 4.78 is 10.1. The Bertz CT molecular complexity index is 1350. The Labute approximate surface area is 196 Å². The maximum atomic E-state index is 13.5. The Hall–Kier alpha value is -4.52. The lowest BCUT2D eigenvalue weighted by Gasteiger charge is -2.18. The van der Waals surface area contributed by atoms with Crippen molar-refractivity contribution in [2.24, 2.45) is 0 Å². The molecule has 0 spiro atoms. The maximum absolute atomic E-state index is 13.5. The third-order valence-electron chi connectivity index (χ3n) is 5.20. The van der Waals surface area contributed by atoms with Crippen molar-refractivity contribution in [3.8, 4) is 17.0 Å². The molecule has 1 amide bonds. The normalized spacial score (nSPS) is 11.5. The molecule has 0 aliphatic carbocycles. The number of aromatic nitrogens is 1. The van der Waals surface area contributed by atoms with Gasteiger partial charge in [0.25, 0.3) is 5.91 Å². The van der Waals surface area contributed by atoms with Gasteiger partial charge >= 0.3 is 11.9 Å². The molecule has 1 heterocycles. The summed E-state index contributed by atoms with van der Waals surface area (Å²) in [5.41, 5.74) is 2.83. The predicted molar refractivity (Wildman–Crippen MR) is 127 cm³/mol. The lowest BCUT2D eigenvalue weighted by atomic mass is 10.0. The highest BCUT2D eigenvalue weighted by atomic mass is 16.5. The van der Waals surface area contributed by atoms with Crippen LogP contribution in [0.3, 0.4) is 0 Å². The maximum Gasteiger partial charge on any atom is 0.333 e. The van der Waals surface area contributed by atoms with Crippen LogP contribution in [0.2, 0.25) is 0 Å². The molecule has 3 aromatic carbocycles. The molecule has 0 bridgehead atoms. The quantitative estimate of drug-likeness (QED) is 0.341. The van der Waals surface area contributed by atoms with E-state index in [1.54, 1.807) is 48.5 Å². The van der Waals surface area contributed by atoms with Gasteiger partial charge < -0.3 is 14.8 Å². The average Bonchev–Trinajstić information content (AvgIpc) is 2.86. The van der Waals surface area contributed by atoms with Gasteiger partial charge in [-0.05, 0) is 29.8 Å². The van der Waals surface area contributed by atoms with Crippen molar-refractivity contribution in [3.05, 3.63) is 96.1 Å². The van der Waals surface area contributed by atoms with Crippen molar-refractivity contribution >= 4 is 28.7 Å². The molecule has 4 rings (SSSR count). The first-order valence-electron chi connectivity index (χ1n) is 10.6. The van der Waals surface area contributed by atoms with Crippen molar-refractivity contribution in [3.63, 3.8) is 0 Å². The molecule has 1 unspecified atom stereocenters. The van der Waals surface area contributed by atoms with Gasteiger partial charge in [0.05, 0.1) is 23.9 Å². The number of benzene rings is 3. The van der Waals surface area contributed by atoms with Gasteiger partial charge in [-0.3, -0.25) is 9.59 Å². The largest absolute Gasteiger partial charge is 0.467 e. The van der Waals surface area contributed by atoms with Gasteiger partial charge in [-0.1, -0.05) is 60.7 Å². The predicted octanol–water partition coefficient (Wildman–Crippen LogP) is 4.47. The van der Waals surface area contributed by atoms with Crippen molar-refractivity contribution in [2.45, 2.75) is 13.0 Å². The van der Waals surface area contributed by atoms with Crippen LogP contribution in [0.1, 0.15) is 28.9 Å². The van der Waals surface area contributed by atoms with E-state index < -0.39 is 23.9 Å². The lowest BCUT2D eigenvalue weighted by Crippen LogP contribution is -2.34. The molecule has 7 nitrogen and oxygen atoms in total.